The van der Waals surface area contributed by atoms with Crippen molar-refractivity contribution >= 4 is 5.97 Å². The largest absolute Gasteiger partial charge is 0.490 e. The molecule has 1 rings (SSSR count). The Morgan fingerprint density at radius 1 is 1.21 bits per heavy atom. The highest BCUT2D eigenvalue weighted by atomic mass is 16.5. The molecule has 106 valence electrons. The van der Waals surface area contributed by atoms with Gasteiger partial charge in [-0.1, -0.05) is 38.5 Å². The van der Waals surface area contributed by atoms with Gasteiger partial charge in [-0.3, -0.25) is 4.79 Å². The van der Waals surface area contributed by atoms with Crippen molar-refractivity contribution in [1.29, 1.82) is 0 Å². The van der Waals surface area contributed by atoms with Crippen molar-refractivity contribution in [1.82, 2.24) is 0 Å². The standard InChI is InChI=1S/C16H24O3/c1-5-12(3)13(4)19-15-10-8-7-9-14(15)11-16(17)18-6-2/h7-10,12-13H,5-6,11H2,1-4H3. The van der Waals surface area contributed by atoms with Gasteiger partial charge in [0.15, 0.2) is 0 Å². The van der Waals surface area contributed by atoms with E-state index in [4.69, 9.17) is 9.47 Å². The zero-order chi connectivity index (χ0) is 14.3. The van der Waals surface area contributed by atoms with E-state index in [-0.39, 0.29) is 18.5 Å². The molecule has 0 aliphatic heterocycles. The zero-order valence-corrected chi connectivity index (χ0v) is 12.3. The Bertz CT molecular complexity index is 401. The molecule has 0 aromatic heterocycles. The lowest BCUT2D eigenvalue weighted by molar-refractivity contribution is -0.142. The van der Waals surface area contributed by atoms with Crippen LogP contribution in [-0.4, -0.2) is 18.7 Å². The Balaban J connectivity index is 2.75. The summed E-state index contributed by atoms with van der Waals surface area (Å²) in [6.45, 7) is 8.60. The summed E-state index contributed by atoms with van der Waals surface area (Å²) in [5.41, 5.74) is 0.885. The first kappa shape index (κ1) is 15.5. The van der Waals surface area contributed by atoms with Crippen molar-refractivity contribution in [3.63, 3.8) is 0 Å². The van der Waals surface area contributed by atoms with Crippen LogP contribution in [0.3, 0.4) is 0 Å². The Labute approximate surface area is 115 Å². The van der Waals surface area contributed by atoms with E-state index in [1.165, 1.54) is 0 Å². The van der Waals surface area contributed by atoms with Crippen molar-refractivity contribution in [2.45, 2.75) is 46.6 Å². The second-order valence-electron chi connectivity index (χ2n) is 4.80. The SMILES string of the molecule is CCOC(=O)Cc1ccccc1OC(C)C(C)CC. The van der Waals surface area contributed by atoms with Crippen LogP contribution in [0.25, 0.3) is 0 Å². The quantitative estimate of drug-likeness (QED) is 0.706. The number of benzene rings is 1. The van der Waals surface area contributed by atoms with Crippen molar-refractivity contribution in [3.05, 3.63) is 29.8 Å². The summed E-state index contributed by atoms with van der Waals surface area (Å²) >= 11 is 0. The van der Waals surface area contributed by atoms with Crippen molar-refractivity contribution in [2.75, 3.05) is 6.61 Å². The first-order chi connectivity index (χ1) is 9.08. The first-order valence-corrected chi connectivity index (χ1v) is 6.98. The number of rotatable bonds is 7. The van der Waals surface area contributed by atoms with Gasteiger partial charge in [0.2, 0.25) is 0 Å². The second-order valence-corrected chi connectivity index (χ2v) is 4.80. The van der Waals surface area contributed by atoms with Gasteiger partial charge in [0.25, 0.3) is 0 Å². The smallest absolute Gasteiger partial charge is 0.310 e. The fraction of sp³-hybridized carbons (Fsp3) is 0.562. The van der Waals surface area contributed by atoms with Crippen LogP contribution in [0.4, 0.5) is 0 Å². The third-order valence-corrected chi connectivity index (χ3v) is 3.37. The third kappa shape index (κ3) is 4.93. The molecule has 0 spiro atoms. The summed E-state index contributed by atoms with van der Waals surface area (Å²) in [6.07, 6.45) is 1.46. The Kier molecular flexibility index (Phi) is 6.40. The van der Waals surface area contributed by atoms with Crippen LogP contribution in [0, 0.1) is 5.92 Å². The van der Waals surface area contributed by atoms with Crippen LogP contribution in [0.5, 0.6) is 5.75 Å². The summed E-state index contributed by atoms with van der Waals surface area (Å²) in [6, 6.07) is 7.66. The molecule has 2 unspecified atom stereocenters. The average Bonchev–Trinajstić information content (AvgIpc) is 2.40. The minimum absolute atomic E-state index is 0.133. The molecule has 0 aliphatic carbocycles. The van der Waals surface area contributed by atoms with Gasteiger partial charge in [0, 0.05) is 5.56 Å². The minimum Gasteiger partial charge on any atom is -0.490 e. The van der Waals surface area contributed by atoms with Crippen molar-refractivity contribution < 1.29 is 14.3 Å². The molecule has 0 amide bonds. The van der Waals surface area contributed by atoms with E-state index in [9.17, 15) is 4.79 Å². The molecule has 1 aromatic carbocycles. The summed E-state index contributed by atoms with van der Waals surface area (Å²) in [7, 11) is 0. The number of para-hydroxylation sites is 1. The fourth-order valence-electron chi connectivity index (χ4n) is 1.78. The van der Waals surface area contributed by atoms with Crippen LogP contribution in [0.15, 0.2) is 24.3 Å². The van der Waals surface area contributed by atoms with Crippen LogP contribution in [0.2, 0.25) is 0 Å². The number of carbonyl (C=O) groups is 1. The maximum atomic E-state index is 11.6. The Morgan fingerprint density at radius 3 is 2.53 bits per heavy atom. The minimum atomic E-state index is -0.213. The summed E-state index contributed by atoms with van der Waals surface area (Å²) in [4.78, 5) is 11.6. The molecule has 2 atom stereocenters. The van der Waals surface area contributed by atoms with Gasteiger partial charge in [0.05, 0.1) is 19.1 Å². The third-order valence-electron chi connectivity index (χ3n) is 3.37. The predicted octanol–water partition coefficient (Wildman–Crippen LogP) is 3.61. The second kappa shape index (κ2) is 7.82. The number of carbonyl (C=O) groups excluding carboxylic acids is 1. The number of hydrogen-bond acceptors (Lipinski definition) is 3. The van der Waals surface area contributed by atoms with Gasteiger partial charge < -0.3 is 9.47 Å². The molecule has 0 N–H and O–H groups in total. The van der Waals surface area contributed by atoms with Crippen LogP contribution < -0.4 is 4.74 Å². The predicted molar refractivity (Wildman–Crippen MR) is 76.3 cm³/mol. The molecule has 1 aromatic rings. The number of ether oxygens (including phenoxy) is 2. The van der Waals surface area contributed by atoms with E-state index in [1.807, 2.05) is 31.2 Å². The molecule has 0 saturated carbocycles. The van der Waals surface area contributed by atoms with Gasteiger partial charge in [0.1, 0.15) is 5.75 Å². The monoisotopic (exact) mass is 264 g/mol. The highest BCUT2D eigenvalue weighted by Gasteiger charge is 2.15. The fourth-order valence-corrected chi connectivity index (χ4v) is 1.78. The number of hydrogen-bond donors (Lipinski definition) is 0. The molecule has 0 heterocycles. The summed E-state index contributed by atoms with van der Waals surface area (Å²) in [5, 5.41) is 0. The lowest BCUT2D eigenvalue weighted by Gasteiger charge is -2.21. The molecule has 3 heteroatoms. The van der Waals surface area contributed by atoms with Crippen molar-refractivity contribution in [2.24, 2.45) is 5.92 Å². The lowest BCUT2D eigenvalue weighted by Crippen LogP contribution is -2.21. The summed E-state index contributed by atoms with van der Waals surface area (Å²) < 4.78 is 10.9. The topological polar surface area (TPSA) is 35.5 Å². The van der Waals surface area contributed by atoms with Crippen molar-refractivity contribution in [3.8, 4) is 5.75 Å². The van der Waals surface area contributed by atoms with Gasteiger partial charge in [-0.2, -0.15) is 0 Å². The van der Waals surface area contributed by atoms with E-state index in [0.29, 0.717) is 12.5 Å². The van der Waals surface area contributed by atoms with Crippen LogP contribution >= 0.6 is 0 Å². The van der Waals surface area contributed by atoms with Gasteiger partial charge >= 0.3 is 5.97 Å². The molecule has 3 nitrogen and oxygen atoms in total. The highest BCUT2D eigenvalue weighted by molar-refractivity contribution is 5.73. The van der Waals surface area contributed by atoms with Crippen LogP contribution in [-0.2, 0) is 16.0 Å². The summed E-state index contributed by atoms with van der Waals surface area (Å²) in [5.74, 6) is 1.05. The molecule has 0 fully saturated rings. The normalized spacial score (nSPS) is 13.7. The molecule has 0 radical (unpaired) electrons. The van der Waals surface area contributed by atoms with E-state index in [0.717, 1.165) is 17.7 Å². The molecular weight excluding hydrogens is 240 g/mol. The van der Waals surface area contributed by atoms with E-state index in [2.05, 4.69) is 20.8 Å². The first-order valence-electron chi connectivity index (χ1n) is 6.98. The maximum Gasteiger partial charge on any atom is 0.310 e. The maximum absolute atomic E-state index is 11.6. The van der Waals surface area contributed by atoms with E-state index in [1.54, 1.807) is 0 Å². The molecule has 0 aliphatic rings. The van der Waals surface area contributed by atoms with Gasteiger partial charge in [-0.05, 0) is 25.8 Å². The number of esters is 1. The molecule has 0 saturated heterocycles. The lowest BCUT2D eigenvalue weighted by atomic mass is 10.0. The highest BCUT2D eigenvalue weighted by Crippen LogP contribution is 2.23. The zero-order valence-electron chi connectivity index (χ0n) is 12.3. The molecule has 0 bridgehead atoms. The average molecular weight is 264 g/mol. The Morgan fingerprint density at radius 2 is 1.89 bits per heavy atom. The van der Waals surface area contributed by atoms with Crippen LogP contribution in [0.1, 0.15) is 39.7 Å². The Hall–Kier alpha value is -1.51. The van der Waals surface area contributed by atoms with E-state index >= 15 is 0 Å². The van der Waals surface area contributed by atoms with E-state index < -0.39 is 0 Å². The molecule has 19 heavy (non-hydrogen) atoms. The van der Waals surface area contributed by atoms with Gasteiger partial charge in [-0.25, -0.2) is 0 Å². The molecular formula is C16H24O3. The van der Waals surface area contributed by atoms with Gasteiger partial charge in [-0.15, -0.1) is 0 Å².